The quantitative estimate of drug-likeness (QED) is 0.481. The van der Waals surface area contributed by atoms with Crippen molar-refractivity contribution in [2.75, 3.05) is 19.8 Å². The van der Waals surface area contributed by atoms with Crippen LogP contribution in [0, 0.1) is 13.8 Å². The Morgan fingerprint density at radius 1 is 1.22 bits per heavy atom. The molecular weight excluding hydrogens is 402 g/mol. The molecule has 1 N–H and O–H groups in total. The van der Waals surface area contributed by atoms with Crippen LogP contribution >= 0.6 is 0 Å². The zero-order valence-electron chi connectivity index (χ0n) is 19.1. The second-order valence-corrected chi connectivity index (χ2v) is 8.54. The van der Waals surface area contributed by atoms with Gasteiger partial charge in [-0.3, -0.25) is 4.79 Å². The van der Waals surface area contributed by atoms with Crippen molar-refractivity contribution in [1.29, 1.82) is 0 Å². The third kappa shape index (κ3) is 5.49. The fourth-order valence-corrected chi connectivity index (χ4v) is 4.19. The molecule has 3 aromatic rings. The Morgan fingerprint density at radius 2 is 2.09 bits per heavy atom. The van der Waals surface area contributed by atoms with Crippen molar-refractivity contribution in [3.05, 3.63) is 59.4 Å². The Bertz CT molecular complexity index is 1050. The molecule has 32 heavy (non-hydrogen) atoms. The first-order chi connectivity index (χ1) is 15.6. The lowest BCUT2D eigenvalue weighted by Gasteiger charge is -2.13. The maximum Gasteiger partial charge on any atom is 0.249 e. The van der Waals surface area contributed by atoms with E-state index >= 15 is 0 Å². The van der Waals surface area contributed by atoms with Crippen LogP contribution in [0.1, 0.15) is 42.6 Å². The maximum absolute atomic E-state index is 12.1. The fourth-order valence-electron chi connectivity index (χ4n) is 4.19. The summed E-state index contributed by atoms with van der Waals surface area (Å²) >= 11 is 0. The van der Waals surface area contributed by atoms with Gasteiger partial charge in [0.2, 0.25) is 5.91 Å². The highest BCUT2D eigenvalue weighted by Gasteiger charge is 2.22. The van der Waals surface area contributed by atoms with Gasteiger partial charge in [0.15, 0.2) is 0 Å². The number of nitrogens with one attached hydrogen (secondary N) is 1. The molecule has 0 spiro atoms. The van der Waals surface area contributed by atoms with Crippen LogP contribution in [0.15, 0.2) is 42.5 Å². The van der Waals surface area contributed by atoms with Crippen molar-refractivity contribution < 1.29 is 14.3 Å². The van der Waals surface area contributed by atoms with Gasteiger partial charge in [-0.05, 0) is 68.9 Å². The van der Waals surface area contributed by atoms with Gasteiger partial charge in [-0.2, -0.15) is 0 Å². The molecule has 1 aliphatic heterocycles. The minimum absolute atomic E-state index is 0.0135. The van der Waals surface area contributed by atoms with Crippen molar-refractivity contribution in [2.24, 2.45) is 0 Å². The smallest absolute Gasteiger partial charge is 0.249 e. The first-order valence-corrected chi connectivity index (χ1v) is 11.7. The summed E-state index contributed by atoms with van der Waals surface area (Å²) in [6.45, 7) is 7.00. The molecule has 1 unspecified atom stereocenters. The van der Waals surface area contributed by atoms with E-state index in [1.165, 1.54) is 5.56 Å². The third-order valence-electron chi connectivity index (χ3n) is 5.96. The molecule has 0 bridgehead atoms. The van der Waals surface area contributed by atoms with Gasteiger partial charge in [-0.1, -0.05) is 24.3 Å². The van der Waals surface area contributed by atoms with E-state index in [4.69, 9.17) is 14.5 Å². The molecule has 6 nitrogen and oxygen atoms in total. The van der Waals surface area contributed by atoms with Gasteiger partial charge >= 0.3 is 0 Å². The summed E-state index contributed by atoms with van der Waals surface area (Å²) in [6, 6.07) is 14.6. The average molecular weight is 436 g/mol. The van der Waals surface area contributed by atoms with Gasteiger partial charge in [0.25, 0.3) is 0 Å². The molecule has 0 saturated carbocycles. The normalized spacial score (nSPS) is 15.9. The number of carbonyl (C=O) groups excluding carboxylic acids is 1. The van der Waals surface area contributed by atoms with Crippen LogP contribution < -0.4 is 10.1 Å². The predicted molar refractivity (Wildman–Crippen MR) is 126 cm³/mol. The van der Waals surface area contributed by atoms with Gasteiger partial charge in [0, 0.05) is 26.1 Å². The summed E-state index contributed by atoms with van der Waals surface area (Å²) in [5.41, 5.74) is 4.54. The zero-order valence-corrected chi connectivity index (χ0v) is 19.1. The Kier molecular flexibility index (Phi) is 7.43. The highest BCUT2D eigenvalue weighted by molar-refractivity contribution is 5.80. The lowest BCUT2D eigenvalue weighted by molar-refractivity contribution is -0.130. The Balaban J connectivity index is 1.32. The van der Waals surface area contributed by atoms with E-state index in [2.05, 4.69) is 60.1 Å². The molecule has 1 aromatic heterocycles. The van der Waals surface area contributed by atoms with E-state index in [-0.39, 0.29) is 12.0 Å². The molecular formula is C26H33N3O3. The molecule has 170 valence electrons. The highest BCUT2D eigenvalue weighted by atomic mass is 16.5. The summed E-state index contributed by atoms with van der Waals surface area (Å²) in [5, 5.41) is 3.01. The number of hydrogen-bond acceptors (Lipinski definition) is 4. The number of rotatable bonds is 10. The number of aryl methyl sites for hydroxylation is 4. The number of para-hydroxylation sites is 2. The molecule has 0 radical (unpaired) electrons. The molecule has 2 heterocycles. The van der Waals surface area contributed by atoms with Gasteiger partial charge in [-0.25, -0.2) is 4.98 Å². The average Bonchev–Trinajstić information content (AvgIpc) is 3.45. The lowest BCUT2D eigenvalue weighted by Crippen LogP contribution is -2.34. The van der Waals surface area contributed by atoms with E-state index in [1.54, 1.807) is 0 Å². The second kappa shape index (κ2) is 10.6. The summed E-state index contributed by atoms with van der Waals surface area (Å²) < 4.78 is 13.8. The molecule has 1 atom stereocenters. The molecule has 1 saturated heterocycles. The Hall–Kier alpha value is -2.86. The standard InChI is InChI=1S/C26H33N3O3/c1-19-12-13-20(2)24(18-19)32-17-7-15-29-22-9-4-3-8-21(22)28-25(29)11-5-14-27-26(30)23-10-6-16-31-23/h3-4,8-9,12-13,18,23H,5-7,10-11,14-17H2,1-2H3,(H,27,30). The first-order valence-electron chi connectivity index (χ1n) is 11.7. The largest absolute Gasteiger partial charge is 0.493 e. The number of nitrogens with zero attached hydrogens (tertiary/aromatic N) is 2. The van der Waals surface area contributed by atoms with Gasteiger partial charge in [0.05, 0.1) is 17.6 Å². The van der Waals surface area contributed by atoms with Crippen LogP contribution in [0.3, 0.4) is 0 Å². The molecule has 0 aliphatic carbocycles. The van der Waals surface area contributed by atoms with Crippen LogP contribution in [0.25, 0.3) is 11.0 Å². The highest BCUT2D eigenvalue weighted by Crippen LogP contribution is 2.21. The summed E-state index contributed by atoms with van der Waals surface area (Å²) in [6.07, 6.45) is 4.09. The van der Waals surface area contributed by atoms with Crippen LogP contribution in [-0.2, 0) is 22.5 Å². The number of ether oxygens (including phenoxy) is 2. The minimum atomic E-state index is -0.267. The number of aromatic nitrogens is 2. The number of carbonyl (C=O) groups is 1. The van der Waals surface area contributed by atoms with Gasteiger partial charge in [0.1, 0.15) is 17.7 Å². The Morgan fingerprint density at radius 3 is 2.94 bits per heavy atom. The zero-order chi connectivity index (χ0) is 22.3. The second-order valence-electron chi connectivity index (χ2n) is 8.54. The van der Waals surface area contributed by atoms with Crippen LogP contribution in [0.5, 0.6) is 5.75 Å². The van der Waals surface area contributed by atoms with E-state index < -0.39 is 0 Å². The summed E-state index contributed by atoms with van der Waals surface area (Å²) in [4.78, 5) is 17.0. The molecule has 1 aliphatic rings. The van der Waals surface area contributed by atoms with Gasteiger partial charge in [-0.15, -0.1) is 0 Å². The van der Waals surface area contributed by atoms with Crippen LogP contribution in [-0.4, -0.2) is 41.3 Å². The number of amides is 1. The topological polar surface area (TPSA) is 65.4 Å². The van der Waals surface area contributed by atoms with E-state index in [9.17, 15) is 4.79 Å². The fraction of sp³-hybridized carbons (Fsp3) is 0.462. The maximum atomic E-state index is 12.1. The molecule has 2 aromatic carbocycles. The third-order valence-corrected chi connectivity index (χ3v) is 5.96. The van der Waals surface area contributed by atoms with Crippen molar-refractivity contribution in [3.63, 3.8) is 0 Å². The van der Waals surface area contributed by atoms with Crippen molar-refractivity contribution in [2.45, 2.75) is 58.6 Å². The van der Waals surface area contributed by atoms with E-state index in [1.807, 2.05) is 6.07 Å². The van der Waals surface area contributed by atoms with Crippen molar-refractivity contribution >= 4 is 16.9 Å². The summed E-state index contributed by atoms with van der Waals surface area (Å²) in [7, 11) is 0. The summed E-state index contributed by atoms with van der Waals surface area (Å²) in [5.74, 6) is 2.03. The molecule has 1 fully saturated rings. The number of hydrogen-bond donors (Lipinski definition) is 1. The lowest BCUT2D eigenvalue weighted by atomic mass is 10.1. The Labute approximate surface area is 189 Å². The first kappa shape index (κ1) is 22.3. The molecule has 1 amide bonds. The molecule has 6 heteroatoms. The van der Waals surface area contributed by atoms with Crippen LogP contribution in [0.2, 0.25) is 0 Å². The van der Waals surface area contributed by atoms with Crippen molar-refractivity contribution in [3.8, 4) is 5.75 Å². The number of imidazole rings is 1. The monoisotopic (exact) mass is 435 g/mol. The van der Waals surface area contributed by atoms with E-state index in [0.717, 1.165) is 66.8 Å². The predicted octanol–water partition coefficient (Wildman–Crippen LogP) is 4.35. The minimum Gasteiger partial charge on any atom is -0.493 e. The van der Waals surface area contributed by atoms with Crippen molar-refractivity contribution in [1.82, 2.24) is 14.9 Å². The van der Waals surface area contributed by atoms with E-state index in [0.29, 0.717) is 19.8 Å². The number of benzene rings is 2. The SMILES string of the molecule is Cc1ccc(C)c(OCCCn2c(CCCNC(=O)C3CCCO3)nc3ccccc32)c1. The molecule has 4 rings (SSSR count). The van der Waals surface area contributed by atoms with Crippen LogP contribution in [0.4, 0.5) is 0 Å². The van der Waals surface area contributed by atoms with Gasteiger partial charge < -0.3 is 19.4 Å². The number of fused-ring (bicyclic) bond motifs is 1.